The maximum Gasteiger partial charge on any atom is 0.244 e. The molecule has 1 aromatic carbocycles. The van der Waals surface area contributed by atoms with Gasteiger partial charge < -0.3 is 5.73 Å². The molecule has 1 aliphatic rings. The molecule has 0 spiro atoms. The van der Waals surface area contributed by atoms with Crippen molar-refractivity contribution in [3.63, 3.8) is 0 Å². The van der Waals surface area contributed by atoms with E-state index < -0.39 is 37.8 Å². The molecule has 2 rings (SSSR count). The molecule has 0 unspecified atom stereocenters. The van der Waals surface area contributed by atoms with Crippen molar-refractivity contribution in [3.8, 4) is 0 Å². The molecule has 1 aromatic rings. The van der Waals surface area contributed by atoms with Gasteiger partial charge in [0, 0.05) is 5.54 Å². The fraction of sp³-hybridized carbons (Fsp3) is 0.400. The molecule has 4 nitrogen and oxygen atoms in total. The van der Waals surface area contributed by atoms with Crippen molar-refractivity contribution in [2.24, 2.45) is 0 Å². The smallest absolute Gasteiger partial charge is 0.244 e. The lowest BCUT2D eigenvalue weighted by Crippen LogP contribution is -2.34. The monoisotopic (exact) mass is 262 g/mol. The zero-order valence-electron chi connectivity index (χ0n) is 9.13. The van der Waals surface area contributed by atoms with E-state index in [1.165, 1.54) is 0 Å². The summed E-state index contributed by atoms with van der Waals surface area (Å²) in [6.45, 7) is 1.72. The summed E-state index contributed by atoms with van der Waals surface area (Å²) in [5.41, 5.74) is 3.81. The number of anilines is 1. The molecule has 0 aliphatic heterocycles. The van der Waals surface area contributed by atoms with Crippen LogP contribution in [0.25, 0.3) is 0 Å². The van der Waals surface area contributed by atoms with E-state index in [2.05, 4.69) is 4.72 Å². The van der Waals surface area contributed by atoms with Gasteiger partial charge >= 0.3 is 0 Å². The molecular weight excluding hydrogens is 250 g/mol. The summed E-state index contributed by atoms with van der Waals surface area (Å²) >= 11 is 0. The molecule has 17 heavy (non-hydrogen) atoms. The molecule has 0 radical (unpaired) electrons. The summed E-state index contributed by atoms with van der Waals surface area (Å²) in [7, 11) is -4.00. The molecule has 0 bridgehead atoms. The fourth-order valence-corrected chi connectivity index (χ4v) is 2.98. The van der Waals surface area contributed by atoms with Gasteiger partial charge in [0.15, 0.2) is 5.82 Å². The second kappa shape index (κ2) is 3.64. The molecule has 1 saturated carbocycles. The van der Waals surface area contributed by atoms with Crippen molar-refractivity contribution in [2.45, 2.75) is 30.2 Å². The Kier molecular flexibility index (Phi) is 2.62. The highest BCUT2D eigenvalue weighted by Crippen LogP contribution is 2.36. The van der Waals surface area contributed by atoms with Gasteiger partial charge in [0.1, 0.15) is 16.4 Å². The average Bonchev–Trinajstić information content (AvgIpc) is 2.91. The number of sulfonamides is 1. The first-order valence-electron chi connectivity index (χ1n) is 5.03. The first kappa shape index (κ1) is 12.3. The first-order valence-corrected chi connectivity index (χ1v) is 6.51. The van der Waals surface area contributed by atoms with Crippen LogP contribution in [0.2, 0.25) is 0 Å². The molecule has 0 atom stereocenters. The summed E-state index contributed by atoms with van der Waals surface area (Å²) in [6, 6.07) is 1.71. The van der Waals surface area contributed by atoms with Crippen molar-refractivity contribution >= 4 is 15.7 Å². The second-order valence-electron chi connectivity index (χ2n) is 4.44. The highest BCUT2D eigenvalue weighted by Gasteiger charge is 2.42. The normalized spacial score (nSPS) is 18.1. The maximum atomic E-state index is 13.6. The minimum Gasteiger partial charge on any atom is -0.394 e. The number of nitrogens with one attached hydrogen (secondary N) is 1. The van der Waals surface area contributed by atoms with Gasteiger partial charge in [-0.1, -0.05) is 0 Å². The number of nitrogens with two attached hydrogens (primary N) is 1. The number of rotatable bonds is 3. The molecule has 3 N–H and O–H groups in total. The van der Waals surface area contributed by atoms with Crippen LogP contribution >= 0.6 is 0 Å². The molecule has 0 saturated heterocycles. The predicted molar refractivity (Wildman–Crippen MR) is 58.7 cm³/mol. The lowest BCUT2D eigenvalue weighted by Gasteiger charge is -2.13. The third-order valence-corrected chi connectivity index (χ3v) is 4.42. The summed E-state index contributed by atoms with van der Waals surface area (Å²) < 4.78 is 52.5. The Bertz CT molecular complexity index is 568. The molecule has 1 aliphatic carbocycles. The Morgan fingerprint density at radius 1 is 1.35 bits per heavy atom. The summed E-state index contributed by atoms with van der Waals surface area (Å²) in [5.74, 6) is -2.22. The van der Waals surface area contributed by atoms with Crippen molar-refractivity contribution in [3.05, 3.63) is 23.8 Å². The largest absolute Gasteiger partial charge is 0.394 e. The summed E-state index contributed by atoms with van der Waals surface area (Å²) in [4.78, 5) is -0.621. The van der Waals surface area contributed by atoms with E-state index in [0.29, 0.717) is 12.8 Å². The Morgan fingerprint density at radius 2 is 1.94 bits per heavy atom. The molecule has 0 heterocycles. The van der Waals surface area contributed by atoms with Crippen molar-refractivity contribution in [1.82, 2.24) is 4.72 Å². The van der Waals surface area contributed by atoms with Gasteiger partial charge in [0.2, 0.25) is 10.0 Å². The minimum absolute atomic E-state index is 0.519. The van der Waals surface area contributed by atoms with Crippen LogP contribution in [0.1, 0.15) is 19.8 Å². The van der Waals surface area contributed by atoms with Crippen LogP contribution in [0.3, 0.4) is 0 Å². The van der Waals surface area contributed by atoms with Gasteiger partial charge in [0.05, 0.1) is 0 Å². The molecule has 94 valence electrons. The lowest BCUT2D eigenvalue weighted by atomic mass is 10.3. The van der Waals surface area contributed by atoms with Crippen LogP contribution in [-0.2, 0) is 10.0 Å². The first-order chi connectivity index (χ1) is 7.75. The van der Waals surface area contributed by atoms with Crippen LogP contribution in [0.15, 0.2) is 17.0 Å². The molecule has 7 heteroatoms. The summed E-state index contributed by atoms with van der Waals surface area (Å²) in [6.07, 6.45) is 1.40. The number of hydrogen-bond donors (Lipinski definition) is 2. The fourth-order valence-electron chi connectivity index (χ4n) is 1.43. The maximum absolute atomic E-state index is 13.6. The van der Waals surface area contributed by atoms with E-state index in [1.54, 1.807) is 6.92 Å². The van der Waals surface area contributed by atoms with Gasteiger partial charge in [0.25, 0.3) is 0 Å². The van der Waals surface area contributed by atoms with Gasteiger partial charge in [-0.3, -0.25) is 0 Å². The molecule has 0 aromatic heterocycles. The van der Waals surface area contributed by atoms with Crippen LogP contribution < -0.4 is 10.5 Å². The topological polar surface area (TPSA) is 72.2 Å². The van der Waals surface area contributed by atoms with E-state index in [1.807, 2.05) is 0 Å². The van der Waals surface area contributed by atoms with Crippen molar-refractivity contribution in [2.75, 3.05) is 5.73 Å². The van der Waals surface area contributed by atoms with Crippen molar-refractivity contribution < 1.29 is 17.2 Å². The third-order valence-electron chi connectivity index (χ3n) is 2.76. The second-order valence-corrected chi connectivity index (χ2v) is 6.09. The zero-order chi connectivity index (χ0) is 12.8. The minimum atomic E-state index is -4.00. The van der Waals surface area contributed by atoms with Gasteiger partial charge in [-0.05, 0) is 31.9 Å². The van der Waals surface area contributed by atoms with Gasteiger partial charge in [-0.15, -0.1) is 0 Å². The highest BCUT2D eigenvalue weighted by molar-refractivity contribution is 7.89. The zero-order valence-corrected chi connectivity index (χ0v) is 9.94. The Labute approximate surface area is 97.9 Å². The SMILES string of the molecule is CC1(NS(=O)(=O)c2ccc(F)c(N)c2F)CC1. The molecule has 0 amide bonds. The van der Waals surface area contributed by atoms with Crippen LogP contribution in [0, 0.1) is 11.6 Å². The Hall–Kier alpha value is -1.21. The number of halogens is 2. The highest BCUT2D eigenvalue weighted by atomic mass is 32.2. The molecule has 1 fully saturated rings. The van der Waals surface area contributed by atoms with E-state index in [9.17, 15) is 17.2 Å². The van der Waals surface area contributed by atoms with Crippen molar-refractivity contribution in [1.29, 1.82) is 0 Å². The number of nitrogen functional groups attached to an aromatic ring is 1. The van der Waals surface area contributed by atoms with Crippen LogP contribution in [0.5, 0.6) is 0 Å². The van der Waals surface area contributed by atoms with E-state index in [0.717, 1.165) is 12.1 Å². The van der Waals surface area contributed by atoms with E-state index in [-0.39, 0.29) is 0 Å². The van der Waals surface area contributed by atoms with E-state index in [4.69, 9.17) is 5.73 Å². The Balaban J connectivity index is 2.43. The number of hydrogen-bond acceptors (Lipinski definition) is 3. The molecular formula is C10H12F2N2O2S. The van der Waals surface area contributed by atoms with E-state index >= 15 is 0 Å². The third kappa shape index (κ3) is 2.25. The number of benzene rings is 1. The Morgan fingerprint density at radius 3 is 2.47 bits per heavy atom. The van der Waals surface area contributed by atoms with Crippen LogP contribution in [0.4, 0.5) is 14.5 Å². The predicted octanol–water partition coefficient (Wildman–Crippen LogP) is 1.38. The van der Waals surface area contributed by atoms with Gasteiger partial charge in [-0.2, -0.15) is 0 Å². The lowest BCUT2D eigenvalue weighted by molar-refractivity contribution is 0.535. The summed E-state index contributed by atoms with van der Waals surface area (Å²) in [5, 5.41) is 0. The average molecular weight is 262 g/mol. The quantitative estimate of drug-likeness (QED) is 0.808. The van der Waals surface area contributed by atoms with Gasteiger partial charge in [-0.25, -0.2) is 21.9 Å². The standard InChI is InChI=1S/C10H12F2N2O2S/c1-10(4-5-10)14-17(15,16)7-3-2-6(11)9(13)8(7)12/h2-3,14H,4-5,13H2,1H3. The van der Waals surface area contributed by atoms with Crippen LogP contribution in [-0.4, -0.2) is 14.0 Å².